The molecule has 0 atom stereocenters. The first kappa shape index (κ1) is 17.2. The van der Waals surface area contributed by atoms with Crippen LogP contribution in [0, 0.1) is 18.5 Å². The van der Waals surface area contributed by atoms with E-state index in [1.807, 2.05) is 25.1 Å². The number of carbonyl (C=O) groups is 1. The number of nitriles is 1. The molecule has 20 heavy (non-hydrogen) atoms. The molecule has 0 unspecified atom stereocenters. The minimum absolute atomic E-state index is 0.0365. The van der Waals surface area contributed by atoms with Gasteiger partial charge in [0, 0.05) is 9.13 Å². The third-order valence-electron chi connectivity index (χ3n) is 2.24. The third-order valence-corrected chi connectivity index (χ3v) is 3.67. The standard InChI is InChI=1S/C14H13I2NO3/c1-3-19-13-9(6-11(15)7-12(13)16)5-10(8-17)14(18)20-4-2/h5-7H,3-4H2,1-2H3/b10-5+. The minimum atomic E-state index is -0.619. The number of ether oxygens (including phenoxy) is 2. The van der Waals surface area contributed by atoms with Crippen molar-refractivity contribution < 1.29 is 14.3 Å². The molecule has 0 bridgehead atoms. The maximum atomic E-state index is 11.7. The maximum absolute atomic E-state index is 11.7. The first-order chi connectivity index (χ1) is 9.53. The van der Waals surface area contributed by atoms with E-state index in [0.717, 1.165) is 7.14 Å². The molecule has 0 saturated carbocycles. The fourth-order valence-electron chi connectivity index (χ4n) is 1.49. The van der Waals surface area contributed by atoms with Gasteiger partial charge in [-0.25, -0.2) is 4.79 Å². The van der Waals surface area contributed by atoms with E-state index in [1.54, 1.807) is 6.92 Å². The van der Waals surface area contributed by atoms with Gasteiger partial charge in [-0.15, -0.1) is 0 Å². The van der Waals surface area contributed by atoms with Crippen LogP contribution in [0.15, 0.2) is 17.7 Å². The van der Waals surface area contributed by atoms with Crippen molar-refractivity contribution in [2.45, 2.75) is 13.8 Å². The molecular formula is C14H13I2NO3. The summed E-state index contributed by atoms with van der Waals surface area (Å²) in [5.41, 5.74) is 0.665. The SMILES string of the molecule is CCOC(=O)/C(C#N)=C/c1cc(I)cc(I)c1OCC. The second-order valence-corrected chi connectivity index (χ2v) is 6.04. The molecule has 0 N–H and O–H groups in total. The van der Waals surface area contributed by atoms with E-state index in [2.05, 4.69) is 45.2 Å². The van der Waals surface area contributed by atoms with Crippen LogP contribution in [0.5, 0.6) is 5.75 Å². The van der Waals surface area contributed by atoms with Crippen LogP contribution >= 0.6 is 45.2 Å². The van der Waals surface area contributed by atoms with Crippen LogP contribution in [0.3, 0.4) is 0 Å². The molecule has 4 nitrogen and oxygen atoms in total. The summed E-state index contributed by atoms with van der Waals surface area (Å²) in [4.78, 5) is 11.7. The van der Waals surface area contributed by atoms with E-state index in [-0.39, 0.29) is 12.2 Å². The predicted octanol–water partition coefficient (Wildman–Crippen LogP) is 3.76. The number of hydrogen-bond acceptors (Lipinski definition) is 4. The Bertz CT molecular complexity index is 577. The number of nitrogens with zero attached hydrogens (tertiary/aromatic N) is 1. The van der Waals surface area contributed by atoms with Crippen LogP contribution < -0.4 is 4.74 Å². The van der Waals surface area contributed by atoms with Crippen molar-refractivity contribution in [2.75, 3.05) is 13.2 Å². The summed E-state index contributed by atoms with van der Waals surface area (Å²) >= 11 is 4.35. The molecular weight excluding hydrogens is 484 g/mol. The molecule has 0 aromatic heterocycles. The lowest BCUT2D eigenvalue weighted by Gasteiger charge is -2.11. The largest absolute Gasteiger partial charge is 0.492 e. The number of halogens is 2. The highest BCUT2D eigenvalue weighted by Gasteiger charge is 2.14. The van der Waals surface area contributed by atoms with Crippen molar-refractivity contribution in [2.24, 2.45) is 0 Å². The lowest BCUT2D eigenvalue weighted by molar-refractivity contribution is -0.137. The molecule has 106 valence electrons. The van der Waals surface area contributed by atoms with Gasteiger partial charge >= 0.3 is 5.97 Å². The highest BCUT2D eigenvalue weighted by Crippen LogP contribution is 2.30. The van der Waals surface area contributed by atoms with E-state index in [1.165, 1.54) is 6.08 Å². The number of rotatable bonds is 5. The summed E-state index contributed by atoms with van der Waals surface area (Å²) in [5.74, 6) is 0.0527. The zero-order valence-corrected chi connectivity index (χ0v) is 15.4. The van der Waals surface area contributed by atoms with Crippen molar-refractivity contribution in [1.29, 1.82) is 5.26 Å². The van der Waals surface area contributed by atoms with Crippen molar-refractivity contribution in [1.82, 2.24) is 0 Å². The summed E-state index contributed by atoms with van der Waals surface area (Å²) in [7, 11) is 0. The molecule has 0 aliphatic rings. The van der Waals surface area contributed by atoms with Gasteiger partial charge in [-0.1, -0.05) is 0 Å². The molecule has 0 fully saturated rings. The van der Waals surface area contributed by atoms with Gasteiger partial charge in [-0.05, 0) is 77.2 Å². The Morgan fingerprint density at radius 3 is 2.60 bits per heavy atom. The molecule has 0 radical (unpaired) electrons. The average Bonchev–Trinajstić information content (AvgIpc) is 2.39. The quantitative estimate of drug-likeness (QED) is 0.269. The molecule has 0 amide bonds. The van der Waals surface area contributed by atoms with E-state index < -0.39 is 5.97 Å². The molecule has 1 aromatic rings. The van der Waals surface area contributed by atoms with Crippen molar-refractivity contribution in [3.8, 4) is 11.8 Å². The molecule has 0 spiro atoms. The zero-order valence-electron chi connectivity index (χ0n) is 11.1. The maximum Gasteiger partial charge on any atom is 0.348 e. The number of hydrogen-bond donors (Lipinski definition) is 0. The van der Waals surface area contributed by atoms with E-state index in [4.69, 9.17) is 14.7 Å². The van der Waals surface area contributed by atoms with E-state index in [0.29, 0.717) is 17.9 Å². The smallest absolute Gasteiger partial charge is 0.348 e. The third kappa shape index (κ3) is 4.63. The van der Waals surface area contributed by atoms with Gasteiger partial charge in [-0.3, -0.25) is 0 Å². The Kier molecular flexibility index (Phi) is 7.29. The fraction of sp³-hybridized carbons (Fsp3) is 0.286. The summed E-state index contributed by atoms with van der Waals surface area (Å²) in [6.45, 7) is 4.34. The van der Waals surface area contributed by atoms with Crippen molar-refractivity contribution in [3.63, 3.8) is 0 Å². The van der Waals surface area contributed by atoms with Crippen LogP contribution in [0.2, 0.25) is 0 Å². The minimum Gasteiger partial charge on any atom is -0.492 e. The Morgan fingerprint density at radius 1 is 1.35 bits per heavy atom. The average molecular weight is 497 g/mol. The van der Waals surface area contributed by atoms with Crippen LogP contribution in [0.4, 0.5) is 0 Å². The van der Waals surface area contributed by atoms with E-state index >= 15 is 0 Å². The van der Waals surface area contributed by atoms with Crippen LogP contribution in [0.1, 0.15) is 19.4 Å². The molecule has 0 saturated heterocycles. The summed E-state index contributed by atoms with van der Waals surface area (Å²) in [5, 5.41) is 9.08. The molecule has 1 rings (SSSR count). The Morgan fingerprint density at radius 2 is 2.05 bits per heavy atom. The fourth-order valence-corrected chi connectivity index (χ4v) is 3.53. The van der Waals surface area contributed by atoms with Gasteiger partial charge in [0.15, 0.2) is 0 Å². The molecule has 6 heteroatoms. The Labute approximate surface area is 145 Å². The molecule has 0 aliphatic heterocycles. The summed E-state index contributed by atoms with van der Waals surface area (Å²) < 4.78 is 12.4. The topological polar surface area (TPSA) is 59.3 Å². The number of benzene rings is 1. The lowest BCUT2D eigenvalue weighted by Crippen LogP contribution is -2.06. The van der Waals surface area contributed by atoms with Crippen LogP contribution in [0.25, 0.3) is 6.08 Å². The second-order valence-electron chi connectivity index (χ2n) is 3.63. The van der Waals surface area contributed by atoms with Gasteiger partial charge in [0.2, 0.25) is 0 Å². The number of carbonyl (C=O) groups excluding carboxylic acids is 1. The highest BCUT2D eigenvalue weighted by atomic mass is 127. The zero-order chi connectivity index (χ0) is 15.1. The summed E-state index contributed by atoms with van der Waals surface area (Å²) in [6.07, 6.45) is 1.51. The van der Waals surface area contributed by atoms with Gasteiger partial charge in [-0.2, -0.15) is 5.26 Å². The van der Waals surface area contributed by atoms with Crippen molar-refractivity contribution >= 4 is 57.2 Å². The van der Waals surface area contributed by atoms with Gasteiger partial charge in [0.05, 0.1) is 16.8 Å². The first-order valence-corrected chi connectivity index (χ1v) is 8.10. The molecule has 1 aromatic carbocycles. The van der Waals surface area contributed by atoms with Crippen LogP contribution in [-0.2, 0) is 9.53 Å². The lowest BCUT2D eigenvalue weighted by atomic mass is 10.1. The second kappa shape index (κ2) is 8.46. The molecule has 0 heterocycles. The monoisotopic (exact) mass is 497 g/mol. The number of esters is 1. The molecule has 0 aliphatic carbocycles. The van der Waals surface area contributed by atoms with Gasteiger partial charge in [0.25, 0.3) is 0 Å². The highest BCUT2D eigenvalue weighted by molar-refractivity contribution is 14.1. The van der Waals surface area contributed by atoms with Gasteiger partial charge < -0.3 is 9.47 Å². The Hall–Kier alpha value is -0.820. The summed E-state index contributed by atoms with van der Waals surface area (Å²) in [6, 6.07) is 5.71. The van der Waals surface area contributed by atoms with Gasteiger partial charge in [0.1, 0.15) is 17.4 Å². The van der Waals surface area contributed by atoms with Crippen LogP contribution in [-0.4, -0.2) is 19.2 Å². The predicted molar refractivity (Wildman–Crippen MR) is 93.3 cm³/mol. The Balaban J connectivity index is 3.30. The van der Waals surface area contributed by atoms with E-state index in [9.17, 15) is 4.79 Å². The van der Waals surface area contributed by atoms with Crippen molar-refractivity contribution in [3.05, 3.63) is 30.4 Å². The first-order valence-electron chi connectivity index (χ1n) is 5.94. The normalized spacial score (nSPS) is 10.8.